The van der Waals surface area contributed by atoms with E-state index in [-0.39, 0.29) is 48.6 Å². The first kappa shape index (κ1) is 31.0. The van der Waals surface area contributed by atoms with Crippen LogP contribution in [0.3, 0.4) is 0 Å². The van der Waals surface area contributed by atoms with Gasteiger partial charge < -0.3 is 18.4 Å². The number of anilines is 1. The molecule has 3 rings (SSSR count). The Labute approximate surface area is 229 Å². The minimum absolute atomic E-state index is 0.0218. The van der Waals surface area contributed by atoms with Crippen LogP contribution < -0.4 is 10.9 Å². The third-order valence-corrected chi connectivity index (χ3v) is 8.00. The molecular weight excluding hydrogens is 528 g/mol. The number of nitrogens with zero attached hydrogens (tertiary/aromatic N) is 5. The Bertz CT molecular complexity index is 1180. The lowest BCUT2D eigenvalue weighted by Crippen LogP contribution is -2.49. The topological polar surface area (TPSA) is 147 Å². The second-order valence-electron chi connectivity index (χ2n) is 9.68. The average molecular weight is 568 g/mol. The third-order valence-electron chi connectivity index (χ3n) is 6.31. The summed E-state index contributed by atoms with van der Waals surface area (Å²) in [7, 11) is -1.65. The zero-order valence-corrected chi connectivity index (χ0v) is 24.1. The molecule has 1 amide bonds. The standard InChI is InChI=1S/C25H39FN7O5P/c1-6-11-32(12-7-2)39(37-13-9-10-27)38-21-18(8-3)36-14-17(19(21)26)33-15-28-20-22(33)29-25(31-24(20)35)30-23(34)16(4)5/h15-19,21H,6-9,11-14H2,1-5H3,(H2,29,30,31,34,35)/t17-,18-,19+,21?,39?/m1/s1. The number of nitrogens with one attached hydrogen (secondary N) is 2. The van der Waals surface area contributed by atoms with Gasteiger partial charge >= 0.3 is 0 Å². The van der Waals surface area contributed by atoms with Gasteiger partial charge in [-0.25, -0.2) is 14.0 Å². The van der Waals surface area contributed by atoms with E-state index in [1.165, 1.54) is 10.9 Å². The number of aromatic amines is 1. The van der Waals surface area contributed by atoms with E-state index < -0.39 is 38.5 Å². The summed E-state index contributed by atoms with van der Waals surface area (Å²) in [6.45, 7) is 11.1. The molecule has 39 heavy (non-hydrogen) atoms. The number of imidazole rings is 1. The molecule has 2 aromatic heterocycles. The number of H-pyrrole nitrogens is 1. The molecule has 1 fully saturated rings. The molecule has 2 aromatic rings. The van der Waals surface area contributed by atoms with Gasteiger partial charge in [-0.3, -0.25) is 19.9 Å². The summed E-state index contributed by atoms with van der Waals surface area (Å²) in [6, 6.07) is 1.19. The second-order valence-corrected chi connectivity index (χ2v) is 11.2. The molecule has 12 nitrogen and oxygen atoms in total. The lowest BCUT2D eigenvalue weighted by Gasteiger charge is -2.41. The van der Waals surface area contributed by atoms with Crippen molar-refractivity contribution in [2.24, 2.45) is 5.92 Å². The fourth-order valence-electron chi connectivity index (χ4n) is 4.28. The monoisotopic (exact) mass is 567 g/mol. The molecule has 5 atom stereocenters. The van der Waals surface area contributed by atoms with Crippen molar-refractivity contribution in [2.75, 3.05) is 31.6 Å². The number of alkyl halides is 1. The molecule has 0 aliphatic carbocycles. The lowest BCUT2D eigenvalue weighted by molar-refractivity contribution is -0.127. The molecule has 0 spiro atoms. The molecule has 1 aliphatic rings. The SMILES string of the molecule is CCCN(CCC)P(OCCC#N)OC1[C@@H](F)[C@H](n2cnc3c(=O)[nH]c(NC(=O)C(C)C)nc32)CO[C@@H]1CC. The van der Waals surface area contributed by atoms with E-state index in [2.05, 4.69) is 44.9 Å². The summed E-state index contributed by atoms with van der Waals surface area (Å²) in [5.41, 5.74) is -0.388. The fraction of sp³-hybridized carbons (Fsp3) is 0.720. The molecule has 0 bridgehead atoms. The van der Waals surface area contributed by atoms with E-state index in [9.17, 15) is 9.59 Å². The van der Waals surface area contributed by atoms with Gasteiger partial charge in [0, 0.05) is 19.0 Å². The van der Waals surface area contributed by atoms with Crippen molar-refractivity contribution in [2.45, 2.75) is 84.7 Å². The first-order valence-corrected chi connectivity index (χ1v) is 14.6. The molecule has 3 heterocycles. The van der Waals surface area contributed by atoms with Crippen molar-refractivity contribution in [3.63, 3.8) is 0 Å². The van der Waals surface area contributed by atoms with Crippen molar-refractivity contribution in [3.05, 3.63) is 16.7 Å². The van der Waals surface area contributed by atoms with E-state index in [4.69, 9.17) is 19.0 Å². The number of carbonyl (C=O) groups excluding carboxylic acids is 1. The number of hydrogen-bond donors (Lipinski definition) is 2. The van der Waals surface area contributed by atoms with Gasteiger partial charge in [0.2, 0.25) is 11.9 Å². The van der Waals surface area contributed by atoms with Crippen LogP contribution in [0.2, 0.25) is 0 Å². The third kappa shape index (κ3) is 7.58. The maximum absolute atomic E-state index is 16.4. The Balaban J connectivity index is 1.93. The number of ether oxygens (including phenoxy) is 1. The Morgan fingerprint density at radius 2 is 2.10 bits per heavy atom. The van der Waals surface area contributed by atoms with Crippen molar-refractivity contribution in [1.29, 1.82) is 5.26 Å². The van der Waals surface area contributed by atoms with E-state index >= 15 is 4.39 Å². The minimum Gasteiger partial charge on any atom is -0.373 e. The molecule has 216 valence electrons. The number of nitriles is 1. The molecule has 2 unspecified atom stereocenters. The summed E-state index contributed by atoms with van der Waals surface area (Å²) in [5.74, 6) is -0.684. The number of carbonyl (C=O) groups is 1. The molecule has 0 saturated carbocycles. The number of fused-ring (bicyclic) bond motifs is 1. The first-order chi connectivity index (χ1) is 18.7. The van der Waals surface area contributed by atoms with Gasteiger partial charge in [0.15, 0.2) is 17.3 Å². The summed E-state index contributed by atoms with van der Waals surface area (Å²) in [6.07, 6.45) is 0.792. The van der Waals surface area contributed by atoms with E-state index in [0.29, 0.717) is 19.5 Å². The summed E-state index contributed by atoms with van der Waals surface area (Å²) in [5, 5.41) is 11.6. The molecule has 0 radical (unpaired) electrons. The van der Waals surface area contributed by atoms with Crippen LogP contribution >= 0.6 is 8.53 Å². The highest BCUT2D eigenvalue weighted by atomic mass is 31.2. The zero-order valence-electron chi connectivity index (χ0n) is 23.2. The van der Waals surface area contributed by atoms with E-state index in [0.717, 1.165) is 12.8 Å². The number of hydrogen-bond acceptors (Lipinski definition) is 9. The van der Waals surface area contributed by atoms with Crippen LogP contribution in [0.1, 0.15) is 66.3 Å². The highest BCUT2D eigenvalue weighted by Gasteiger charge is 2.45. The molecular formula is C25H39FN7O5P. The smallest absolute Gasteiger partial charge is 0.280 e. The van der Waals surface area contributed by atoms with Gasteiger partial charge in [-0.1, -0.05) is 34.6 Å². The molecule has 2 N–H and O–H groups in total. The van der Waals surface area contributed by atoms with Crippen LogP contribution in [0, 0.1) is 17.2 Å². The number of amides is 1. The van der Waals surface area contributed by atoms with Gasteiger partial charge in [0.05, 0.1) is 44.2 Å². The van der Waals surface area contributed by atoms with Crippen molar-refractivity contribution < 1.29 is 23.0 Å². The van der Waals surface area contributed by atoms with Crippen LogP contribution in [0.15, 0.2) is 11.1 Å². The fourth-order valence-corrected chi connectivity index (χ4v) is 6.07. The largest absolute Gasteiger partial charge is 0.373 e. The van der Waals surface area contributed by atoms with Gasteiger partial charge in [0.1, 0.15) is 6.10 Å². The van der Waals surface area contributed by atoms with Gasteiger partial charge in [0.25, 0.3) is 14.1 Å². The van der Waals surface area contributed by atoms with Crippen LogP contribution in [0.25, 0.3) is 11.2 Å². The van der Waals surface area contributed by atoms with Gasteiger partial charge in [-0.05, 0) is 19.3 Å². The van der Waals surface area contributed by atoms with Gasteiger partial charge in [-0.15, -0.1) is 0 Å². The number of aromatic nitrogens is 4. The zero-order chi connectivity index (χ0) is 28.5. The second kappa shape index (κ2) is 14.8. The predicted molar refractivity (Wildman–Crippen MR) is 146 cm³/mol. The molecule has 0 aromatic carbocycles. The molecule has 1 aliphatic heterocycles. The first-order valence-electron chi connectivity index (χ1n) is 13.5. The Hall–Kier alpha value is -2.49. The van der Waals surface area contributed by atoms with E-state index in [1.54, 1.807) is 13.8 Å². The Morgan fingerprint density at radius 3 is 2.72 bits per heavy atom. The highest BCUT2D eigenvalue weighted by Crippen LogP contribution is 2.48. The normalized spacial score (nSPS) is 22.3. The maximum Gasteiger partial charge on any atom is 0.280 e. The van der Waals surface area contributed by atoms with Crippen molar-refractivity contribution >= 4 is 31.5 Å². The van der Waals surface area contributed by atoms with Crippen molar-refractivity contribution in [1.82, 2.24) is 24.2 Å². The van der Waals surface area contributed by atoms with E-state index in [1.807, 2.05) is 6.92 Å². The number of halogens is 1. The summed E-state index contributed by atoms with van der Waals surface area (Å²) < 4.78 is 38.3. The quantitative estimate of drug-likeness (QED) is 0.255. The van der Waals surface area contributed by atoms with Gasteiger partial charge in [-0.2, -0.15) is 10.2 Å². The maximum atomic E-state index is 16.4. The average Bonchev–Trinajstić information content (AvgIpc) is 3.33. The molecule has 14 heteroatoms. The van der Waals surface area contributed by atoms with Crippen LogP contribution in [-0.2, 0) is 18.6 Å². The van der Waals surface area contributed by atoms with Crippen molar-refractivity contribution in [3.8, 4) is 6.07 Å². The minimum atomic E-state index is -1.65. The van der Waals surface area contributed by atoms with Crippen LogP contribution in [0.5, 0.6) is 0 Å². The van der Waals surface area contributed by atoms with Crippen LogP contribution in [-0.4, -0.2) is 74.8 Å². The van der Waals surface area contributed by atoms with Crippen LogP contribution in [0.4, 0.5) is 10.3 Å². The Kier molecular flexibility index (Phi) is 11.8. The summed E-state index contributed by atoms with van der Waals surface area (Å²) >= 11 is 0. The lowest BCUT2D eigenvalue weighted by atomic mass is 9.97. The predicted octanol–water partition coefficient (Wildman–Crippen LogP) is 4.07. The highest BCUT2D eigenvalue weighted by molar-refractivity contribution is 7.44. The number of rotatable bonds is 14. The Morgan fingerprint density at radius 1 is 1.38 bits per heavy atom. The molecule has 1 saturated heterocycles. The summed E-state index contributed by atoms with van der Waals surface area (Å²) in [4.78, 5) is 35.9.